The maximum atomic E-state index is 5.94. The van der Waals surface area contributed by atoms with Crippen molar-refractivity contribution in [3.63, 3.8) is 0 Å². The first-order chi connectivity index (χ1) is 10.3. The van der Waals surface area contributed by atoms with Gasteiger partial charge in [-0.25, -0.2) is 0 Å². The molecule has 0 saturated carbocycles. The minimum absolute atomic E-state index is 0.0311. The van der Waals surface area contributed by atoms with E-state index in [2.05, 4.69) is 29.8 Å². The first-order valence-corrected chi connectivity index (χ1v) is 10.3. The van der Waals surface area contributed by atoms with Crippen molar-refractivity contribution in [3.8, 4) is 0 Å². The molecule has 0 spiro atoms. The van der Waals surface area contributed by atoms with Crippen molar-refractivity contribution in [2.24, 2.45) is 0 Å². The van der Waals surface area contributed by atoms with Gasteiger partial charge in [-0.3, -0.25) is 0 Å². The van der Waals surface area contributed by atoms with Crippen LogP contribution in [0, 0.1) is 0 Å². The molecule has 0 saturated heterocycles. The summed E-state index contributed by atoms with van der Waals surface area (Å²) in [6.45, 7) is 6.20. The van der Waals surface area contributed by atoms with Crippen molar-refractivity contribution >= 4 is 15.9 Å². The van der Waals surface area contributed by atoms with E-state index in [1.165, 1.54) is 70.6 Å². The Hall–Kier alpha value is 0.400. The van der Waals surface area contributed by atoms with E-state index < -0.39 is 0 Å². The van der Waals surface area contributed by atoms with Gasteiger partial charge in [0.1, 0.15) is 0 Å². The first kappa shape index (κ1) is 21.4. The molecule has 0 unspecified atom stereocenters. The minimum atomic E-state index is 0.0311. The molecule has 3 heteroatoms. The number of hydrogen-bond donors (Lipinski definition) is 0. The second-order valence-corrected chi connectivity index (χ2v) is 6.62. The Bertz CT molecular complexity index is 174. The van der Waals surface area contributed by atoms with Gasteiger partial charge in [0.15, 0.2) is 6.29 Å². The van der Waals surface area contributed by atoms with Crippen molar-refractivity contribution in [1.82, 2.24) is 0 Å². The van der Waals surface area contributed by atoms with Crippen molar-refractivity contribution in [1.29, 1.82) is 0 Å². The Balaban J connectivity index is 3.69. The zero-order valence-corrected chi connectivity index (χ0v) is 16.0. The predicted molar refractivity (Wildman–Crippen MR) is 96.2 cm³/mol. The lowest BCUT2D eigenvalue weighted by atomic mass is 10.2. The molecule has 128 valence electrons. The average molecular weight is 365 g/mol. The van der Waals surface area contributed by atoms with E-state index in [-0.39, 0.29) is 6.29 Å². The molecule has 0 rings (SSSR count). The van der Waals surface area contributed by atoms with Crippen LogP contribution in [0.4, 0.5) is 0 Å². The molecule has 2 nitrogen and oxygen atoms in total. The summed E-state index contributed by atoms with van der Waals surface area (Å²) in [6, 6.07) is 0. The number of halogens is 1. The SMILES string of the molecule is CCCCCCOC(CCCCCBr)OCCCCCC. The van der Waals surface area contributed by atoms with Gasteiger partial charge in [-0.15, -0.1) is 0 Å². The highest BCUT2D eigenvalue weighted by molar-refractivity contribution is 9.09. The molecule has 0 atom stereocenters. The van der Waals surface area contributed by atoms with Crippen LogP contribution in [-0.4, -0.2) is 24.8 Å². The zero-order chi connectivity index (χ0) is 15.6. The van der Waals surface area contributed by atoms with Crippen LogP contribution in [0.5, 0.6) is 0 Å². The summed E-state index contributed by atoms with van der Waals surface area (Å²) in [5.41, 5.74) is 0. The Morgan fingerprint density at radius 3 is 1.67 bits per heavy atom. The number of ether oxygens (including phenoxy) is 2. The average Bonchev–Trinajstić information content (AvgIpc) is 2.50. The van der Waals surface area contributed by atoms with Crippen LogP contribution in [0.1, 0.15) is 90.9 Å². The van der Waals surface area contributed by atoms with Crippen LogP contribution in [0.2, 0.25) is 0 Å². The molecule has 0 N–H and O–H groups in total. The third-order valence-electron chi connectivity index (χ3n) is 3.68. The maximum absolute atomic E-state index is 5.94. The highest BCUT2D eigenvalue weighted by atomic mass is 79.9. The monoisotopic (exact) mass is 364 g/mol. The molecule has 0 aliphatic carbocycles. The van der Waals surface area contributed by atoms with Crippen molar-refractivity contribution in [3.05, 3.63) is 0 Å². The van der Waals surface area contributed by atoms with Gasteiger partial charge >= 0.3 is 0 Å². The molecule has 0 aromatic rings. The fourth-order valence-electron chi connectivity index (χ4n) is 2.28. The highest BCUT2D eigenvalue weighted by Crippen LogP contribution is 2.12. The number of unbranched alkanes of at least 4 members (excludes halogenated alkanes) is 8. The molecule has 21 heavy (non-hydrogen) atoms. The van der Waals surface area contributed by atoms with Crippen molar-refractivity contribution in [2.75, 3.05) is 18.5 Å². The van der Waals surface area contributed by atoms with Gasteiger partial charge in [-0.2, -0.15) is 0 Å². The summed E-state index contributed by atoms with van der Waals surface area (Å²) >= 11 is 3.49. The Morgan fingerprint density at radius 1 is 0.667 bits per heavy atom. The first-order valence-electron chi connectivity index (χ1n) is 9.14. The van der Waals surface area contributed by atoms with Gasteiger partial charge in [0.05, 0.1) is 0 Å². The lowest BCUT2D eigenvalue weighted by molar-refractivity contribution is -0.148. The molecule has 0 heterocycles. The van der Waals surface area contributed by atoms with E-state index in [1.807, 2.05) is 0 Å². The molecular weight excluding hydrogens is 328 g/mol. The molecule has 0 radical (unpaired) electrons. The molecule has 0 aliphatic rings. The number of hydrogen-bond acceptors (Lipinski definition) is 2. The standard InChI is InChI=1S/C18H37BrO2/c1-3-5-7-12-16-20-18(14-10-9-11-15-19)21-17-13-8-6-4-2/h18H,3-17H2,1-2H3. The van der Waals surface area contributed by atoms with Crippen molar-refractivity contribution < 1.29 is 9.47 Å². The highest BCUT2D eigenvalue weighted by Gasteiger charge is 2.09. The summed E-state index contributed by atoms with van der Waals surface area (Å²) in [7, 11) is 0. The fraction of sp³-hybridized carbons (Fsp3) is 1.00. The summed E-state index contributed by atoms with van der Waals surface area (Å²) < 4.78 is 11.9. The third kappa shape index (κ3) is 16.6. The maximum Gasteiger partial charge on any atom is 0.157 e. The van der Waals surface area contributed by atoms with Crippen molar-refractivity contribution in [2.45, 2.75) is 97.2 Å². The van der Waals surface area contributed by atoms with Crippen LogP contribution in [0.25, 0.3) is 0 Å². The van der Waals surface area contributed by atoms with Gasteiger partial charge in [0.25, 0.3) is 0 Å². The van der Waals surface area contributed by atoms with Gasteiger partial charge in [-0.05, 0) is 32.1 Å². The molecule has 0 aromatic carbocycles. The second kappa shape index (κ2) is 18.4. The van der Waals surface area contributed by atoms with Gasteiger partial charge in [0.2, 0.25) is 0 Å². The quantitative estimate of drug-likeness (QED) is 0.167. The predicted octanol–water partition coefficient (Wildman–Crippen LogP) is 6.46. The van der Waals surface area contributed by atoms with Crippen LogP contribution >= 0.6 is 15.9 Å². The Kier molecular flexibility index (Phi) is 18.8. The largest absolute Gasteiger partial charge is 0.353 e. The number of rotatable bonds is 17. The van der Waals surface area contributed by atoms with E-state index >= 15 is 0 Å². The van der Waals surface area contributed by atoms with E-state index in [4.69, 9.17) is 9.47 Å². The van der Waals surface area contributed by atoms with Gasteiger partial charge < -0.3 is 9.47 Å². The molecule has 0 aromatic heterocycles. The Labute approximate surface area is 141 Å². The van der Waals surface area contributed by atoms with Crippen LogP contribution < -0.4 is 0 Å². The van der Waals surface area contributed by atoms with Crippen LogP contribution in [-0.2, 0) is 9.47 Å². The molecule has 0 bridgehead atoms. The molecule has 0 amide bonds. The van der Waals surface area contributed by atoms with E-state index in [0.717, 1.165) is 25.0 Å². The molecule has 0 fully saturated rings. The van der Waals surface area contributed by atoms with Crippen LogP contribution in [0.3, 0.4) is 0 Å². The summed E-state index contributed by atoms with van der Waals surface area (Å²) in [5.74, 6) is 0. The topological polar surface area (TPSA) is 18.5 Å². The second-order valence-electron chi connectivity index (χ2n) is 5.83. The Morgan fingerprint density at radius 2 is 1.19 bits per heavy atom. The van der Waals surface area contributed by atoms with Gasteiger partial charge in [-0.1, -0.05) is 74.7 Å². The van der Waals surface area contributed by atoms with E-state index in [1.54, 1.807) is 0 Å². The zero-order valence-electron chi connectivity index (χ0n) is 14.4. The molecular formula is C18H37BrO2. The smallest absolute Gasteiger partial charge is 0.157 e. The van der Waals surface area contributed by atoms with E-state index in [9.17, 15) is 0 Å². The molecule has 0 aliphatic heterocycles. The summed E-state index contributed by atoms with van der Waals surface area (Å²) in [5, 5.41) is 1.10. The summed E-state index contributed by atoms with van der Waals surface area (Å²) in [6.07, 6.45) is 14.9. The lowest BCUT2D eigenvalue weighted by Crippen LogP contribution is -2.19. The fourth-order valence-corrected chi connectivity index (χ4v) is 2.68. The number of alkyl halides is 1. The van der Waals surface area contributed by atoms with Crippen LogP contribution in [0.15, 0.2) is 0 Å². The third-order valence-corrected chi connectivity index (χ3v) is 4.24. The normalized spacial score (nSPS) is 11.4. The lowest BCUT2D eigenvalue weighted by Gasteiger charge is -2.18. The van der Waals surface area contributed by atoms with E-state index in [0.29, 0.717) is 0 Å². The minimum Gasteiger partial charge on any atom is -0.353 e. The van der Waals surface area contributed by atoms with Gasteiger partial charge in [0, 0.05) is 18.5 Å². The summed E-state index contributed by atoms with van der Waals surface area (Å²) in [4.78, 5) is 0.